The SMILES string of the molecule is FC(F)(F)Oc1cccc2c[c]ccc12. The van der Waals surface area contributed by atoms with Gasteiger partial charge < -0.3 is 4.74 Å². The Morgan fingerprint density at radius 1 is 1.13 bits per heavy atom. The van der Waals surface area contributed by atoms with Crippen molar-refractivity contribution in [2.24, 2.45) is 0 Å². The Morgan fingerprint density at radius 3 is 2.67 bits per heavy atom. The molecule has 0 heterocycles. The monoisotopic (exact) mass is 211 g/mol. The Labute approximate surface area is 84.1 Å². The highest BCUT2D eigenvalue weighted by atomic mass is 19.4. The Hall–Kier alpha value is -1.71. The number of fused-ring (bicyclic) bond motifs is 1. The molecule has 0 N–H and O–H groups in total. The zero-order chi connectivity index (χ0) is 10.9. The lowest BCUT2D eigenvalue weighted by Gasteiger charge is -2.10. The highest BCUT2D eigenvalue weighted by Gasteiger charge is 2.31. The molecule has 0 spiro atoms. The normalized spacial score (nSPS) is 11.7. The number of alkyl halides is 3. The lowest BCUT2D eigenvalue weighted by molar-refractivity contribution is -0.274. The summed E-state index contributed by atoms with van der Waals surface area (Å²) in [6.07, 6.45) is -4.66. The van der Waals surface area contributed by atoms with Crippen molar-refractivity contribution < 1.29 is 17.9 Å². The molecule has 0 atom stereocenters. The van der Waals surface area contributed by atoms with Crippen LogP contribution in [0.15, 0.2) is 36.4 Å². The summed E-state index contributed by atoms with van der Waals surface area (Å²) < 4.78 is 40.0. The van der Waals surface area contributed by atoms with Gasteiger partial charge in [-0.2, -0.15) is 0 Å². The standard InChI is InChI=1S/C11H6F3O/c12-11(13,14)15-10-7-3-5-8-4-1-2-6-9(8)10/h2-7H. The molecule has 0 unspecified atom stereocenters. The minimum absolute atomic E-state index is 0.186. The van der Waals surface area contributed by atoms with Gasteiger partial charge in [0.05, 0.1) is 0 Å². The van der Waals surface area contributed by atoms with Crippen LogP contribution in [-0.4, -0.2) is 6.36 Å². The lowest BCUT2D eigenvalue weighted by Crippen LogP contribution is -2.17. The Kier molecular flexibility index (Phi) is 2.26. The smallest absolute Gasteiger partial charge is 0.405 e. The lowest BCUT2D eigenvalue weighted by atomic mass is 10.1. The first kappa shape index (κ1) is 9.83. The summed E-state index contributed by atoms with van der Waals surface area (Å²) in [5.41, 5.74) is 0. The van der Waals surface area contributed by atoms with E-state index in [2.05, 4.69) is 10.8 Å². The maximum Gasteiger partial charge on any atom is 0.573 e. The van der Waals surface area contributed by atoms with Gasteiger partial charge in [0.25, 0.3) is 0 Å². The van der Waals surface area contributed by atoms with Gasteiger partial charge in [-0.3, -0.25) is 0 Å². The van der Waals surface area contributed by atoms with Crippen LogP contribution in [0.1, 0.15) is 0 Å². The number of hydrogen-bond donors (Lipinski definition) is 0. The molecule has 1 radical (unpaired) electrons. The van der Waals surface area contributed by atoms with Crippen LogP contribution in [0.25, 0.3) is 10.8 Å². The van der Waals surface area contributed by atoms with Gasteiger partial charge in [-0.1, -0.05) is 24.3 Å². The van der Waals surface area contributed by atoms with Crippen molar-refractivity contribution in [3.63, 3.8) is 0 Å². The highest BCUT2D eigenvalue weighted by Crippen LogP contribution is 2.29. The predicted octanol–water partition coefficient (Wildman–Crippen LogP) is 3.54. The van der Waals surface area contributed by atoms with E-state index in [1.165, 1.54) is 18.2 Å². The fraction of sp³-hybridized carbons (Fsp3) is 0.0909. The molecule has 0 bridgehead atoms. The molecular weight excluding hydrogens is 205 g/mol. The van der Waals surface area contributed by atoms with Crippen LogP contribution in [0, 0.1) is 6.07 Å². The number of rotatable bonds is 1. The molecule has 2 aromatic carbocycles. The maximum absolute atomic E-state index is 12.0. The summed E-state index contributed by atoms with van der Waals surface area (Å²) in [6.45, 7) is 0. The van der Waals surface area contributed by atoms with Gasteiger partial charge in [0.15, 0.2) is 0 Å². The highest BCUT2D eigenvalue weighted by molar-refractivity contribution is 5.88. The second kappa shape index (κ2) is 3.46. The van der Waals surface area contributed by atoms with E-state index in [1.54, 1.807) is 18.2 Å². The number of hydrogen-bond acceptors (Lipinski definition) is 1. The number of benzene rings is 2. The molecule has 15 heavy (non-hydrogen) atoms. The van der Waals surface area contributed by atoms with Crippen LogP contribution in [0.5, 0.6) is 5.75 Å². The number of ether oxygens (including phenoxy) is 1. The maximum atomic E-state index is 12.0. The van der Waals surface area contributed by atoms with E-state index >= 15 is 0 Å². The zero-order valence-corrected chi connectivity index (χ0v) is 7.51. The number of halogens is 3. The van der Waals surface area contributed by atoms with E-state index in [1.807, 2.05) is 0 Å². The van der Waals surface area contributed by atoms with Crippen LogP contribution in [0.4, 0.5) is 13.2 Å². The third-order valence-electron chi connectivity index (χ3n) is 1.91. The quantitative estimate of drug-likeness (QED) is 0.701. The summed E-state index contributed by atoms with van der Waals surface area (Å²) in [7, 11) is 0. The van der Waals surface area contributed by atoms with Crippen molar-refractivity contribution in [1.82, 2.24) is 0 Å². The van der Waals surface area contributed by atoms with Crippen LogP contribution < -0.4 is 4.74 Å². The summed E-state index contributed by atoms with van der Waals surface area (Å²) in [6, 6.07) is 12.0. The van der Waals surface area contributed by atoms with Crippen molar-refractivity contribution in [2.45, 2.75) is 6.36 Å². The average Bonchev–Trinajstić information content (AvgIpc) is 2.16. The Balaban J connectivity index is 2.52. The Bertz CT molecular complexity index is 471. The summed E-state index contributed by atoms with van der Waals surface area (Å²) in [5.74, 6) is -0.186. The summed E-state index contributed by atoms with van der Waals surface area (Å²) in [5, 5.41) is 1.09. The second-order valence-electron chi connectivity index (χ2n) is 2.95. The second-order valence-corrected chi connectivity index (χ2v) is 2.95. The van der Waals surface area contributed by atoms with Crippen LogP contribution in [0.2, 0.25) is 0 Å². The fourth-order valence-electron chi connectivity index (χ4n) is 1.35. The largest absolute Gasteiger partial charge is 0.573 e. The van der Waals surface area contributed by atoms with Crippen molar-refractivity contribution in [3.8, 4) is 5.75 Å². The van der Waals surface area contributed by atoms with Gasteiger partial charge in [0.1, 0.15) is 5.75 Å². The molecule has 77 valence electrons. The van der Waals surface area contributed by atoms with Crippen molar-refractivity contribution >= 4 is 10.8 Å². The zero-order valence-electron chi connectivity index (χ0n) is 7.51. The van der Waals surface area contributed by atoms with Crippen LogP contribution >= 0.6 is 0 Å². The topological polar surface area (TPSA) is 9.23 Å². The van der Waals surface area contributed by atoms with E-state index in [0.29, 0.717) is 10.8 Å². The summed E-state index contributed by atoms with van der Waals surface area (Å²) in [4.78, 5) is 0. The molecule has 0 saturated heterocycles. The molecule has 1 nitrogen and oxygen atoms in total. The van der Waals surface area contributed by atoms with Crippen molar-refractivity contribution in [2.75, 3.05) is 0 Å². The van der Waals surface area contributed by atoms with Crippen molar-refractivity contribution in [3.05, 3.63) is 42.5 Å². The van der Waals surface area contributed by atoms with Gasteiger partial charge in [-0.05, 0) is 23.6 Å². The van der Waals surface area contributed by atoms with E-state index in [-0.39, 0.29) is 5.75 Å². The molecular formula is C11H6F3O. The van der Waals surface area contributed by atoms with Gasteiger partial charge >= 0.3 is 6.36 Å². The molecule has 2 aromatic rings. The molecule has 0 saturated carbocycles. The van der Waals surface area contributed by atoms with Crippen molar-refractivity contribution in [1.29, 1.82) is 0 Å². The Morgan fingerprint density at radius 2 is 1.93 bits per heavy atom. The average molecular weight is 211 g/mol. The molecule has 0 aliphatic carbocycles. The molecule has 2 rings (SSSR count). The molecule has 4 heteroatoms. The molecule has 0 fully saturated rings. The van der Waals surface area contributed by atoms with E-state index in [4.69, 9.17) is 0 Å². The van der Waals surface area contributed by atoms with E-state index in [9.17, 15) is 13.2 Å². The third-order valence-corrected chi connectivity index (χ3v) is 1.91. The van der Waals surface area contributed by atoms with Crippen LogP contribution in [0.3, 0.4) is 0 Å². The first-order chi connectivity index (χ1) is 7.06. The van der Waals surface area contributed by atoms with E-state index in [0.717, 1.165) is 0 Å². The molecule has 0 amide bonds. The third kappa shape index (κ3) is 2.21. The minimum atomic E-state index is -4.66. The molecule has 0 aromatic heterocycles. The van der Waals surface area contributed by atoms with Gasteiger partial charge in [-0.25, -0.2) is 0 Å². The fourth-order valence-corrected chi connectivity index (χ4v) is 1.35. The van der Waals surface area contributed by atoms with Gasteiger partial charge in [0.2, 0.25) is 0 Å². The van der Waals surface area contributed by atoms with Gasteiger partial charge in [0, 0.05) is 5.39 Å². The summed E-state index contributed by atoms with van der Waals surface area (Å²) >= 11 is 0. The van der Waals surface area contributed by atoms with Gasteiger partial charge in [-0.15, -0.1) is 13.2 Å². The minimum Gasteiger partial charge on any atom is -0.405 e. The first-order valence-corrected chi connectivity index (χ1v) is 4.21. The molecule has 0 aliphatic heterocycles. The van der Waals surface area contributed by atoms with Crippen LogP contribution in [-0.2, 0) is 0 Å². The van der Waals surface area contributed by atoms with E-state index < -0.39 is 6.36 Å². The molecule has 0 aliphatic rings. The predicted molar refractivity (Wildman–Crippen MR) is 49.5 cm³/mol. The first-order valence-electron chi connectivity index (χ1n) is 4.21.